The number of aromatic nitrogens is 3. The van der Waals surface area contributed by atoms with Crippen LogP contribution in [0.25, 0.3) is 5.52 Å². The van der Waals surface area contributed by atoms with E-state index in [-0.39, 0.29) is 24.3 Å². The van der Waals surface area contributed by atoms with E-state index in [1.54, 1.807) is 11.8 Å². The Balaban J connectivity index is 2.42. The molecule has 21 heavy (non-hydrogen) atoms. The van der Waals surface area contributed by atoms with E-state index in [1.165, 1.54) is 12.4 Å². The van der Waals surface area contributed by atoms with Crippen LogP contribution in [0.5, 0.6) is 0 Å². The average Bonchev–Trinajstić information content (AvgIpc) is 2.83. The molecule has 0 radical (unpaired) electrons. The topological polar surface area (TPSA) is 70.7 Å². The Morgan fingerprint density at radius 1 is 1.48 bits per heavy atom. The first kappa shape index (κ1) is 15.1. The Hall–Kier alpha value is -2.32. The van der Waals surface area contributed by atoms with Gasteiger partial charge in [-0.1, -0.05) is 0 Å². The van der Waals surface area contributed by atoms with Gasteiger partial charge in [-0.25, -0.2) is 9.50 Å². The molecule has 0 aliphatic rings. The summed E-state index contributed by atoms with van der Waals surface area (Å²) in [5, 5.41) is 12.2. The zero-order valence-electron chi connectivity index (χ0n) is 11.1. The van der Waals surface area contributed by atoms with Crippen LogP contribution in [-0.4, -0.2) is 38.8 Å². The first-order valence-electron chi connectivity index (χ1n) is 6.21. The summed E-state index contributed by atoms with van der Waals surface area (Å²) in [4.78, 5) is 16.3. The SMILES string of the molecule is CCN(CCC(=O)O)c1nccn2nc(C(F)(F)F)cc12. The van der Waals surface area contributed by atoms with Crippen LogP contribution in [0.2, 0.25) is 0 Å². The minimum Gasteiger partial charge on any atom is -0.481 e. The van der Waals surface area contributed by atoms with Gasteiger partial charge in [0.15, 0.2) is 11.5 Å². The predicted molar refractivity (Wildman–Crippen MR) is 68.1 cm³/mol. The maximum Gasteiger partial charge on any atom is 0.435 e. The van der Waals surface area contributed by atoms with Crippen molar-refractivity contribution in [2.75, 3.05) is 18.0 Å². The fourth-order valence-electron chi connectivity index (χ4n) is 1.93. The molecule has 0 bridgehead atoms. The van der Waals surface area contributed by atoms with Crippen LogP contribution in [0.1, 0.15) is 19.0 Å². The van der Waals surface area contributed by atoms with Crippen LogP contribution in [0.3, 0.4) is 0 Å². The summed E-state index contributed by atoms with van der Waals surface area (Å²) in [6, 6.07) is 0.908. The number of rotatable bonds is 5. The van der Waals surface area contributed by atoms with Crippen LogP contribution >= 0.6 is 0 Å². The van der Waals surface area contributed by atoms with Crippen molar-refractivity contribution in [2.24, 2.45) is 0 Å². The summed E-state index contributed by atoms with van der Waals surface area (Å²) in [7, 11) is 0. The van der Waals surface area contributed by atoms with Gasteiger partial charge < -0.3 is 10.0 Å². The van der Waals surface area contributed by atoms with E-state index in [9.17, 15) is 18.0 Å². The molecule has 2 heterocycles. The molecule has 0 atom stereocenters. The van der Waals surface area contributed by atoms with Crippen molar-refractivity contribution in [3.8, 4) is 0 Å². The molecule has 0 aliphatic carbocycles. The van der Waals surface area contributed by atoms with Gasteiger partial charge in [0.05, 0.1) is 6.42 Å². The van der Waals surface area contributed by atoms with E-state index >= 15 is 0 Å². The molecule has 2 rings (SSSR count). The Bertz CT molecular complexity index is 653. The zero-order chi connectivity index (χ0) is 15.6. The largest absolute Gasteiger partial charge is 0.481 e. The van der Waals surface area contributed by atoms with Gasteiger partial charge in [0.25, 0.3) is 0 Å². The highest BCUT2D eigenvalue weighted by Gasteiger charge is 2.34. The number of carbonyl (C=O) groups is 1. The maximum atomic E-state index is 12.7. The molecule has 0 aliphatic heterocycles. The van der Waals surface area contributed by atoms with Gasteiger partial charge in [-0.2, -0.15) is 18.3 Å². The second-order valence-electron chi connectivity index (χ2n) is 4.33. The first-order valence-corrected chi connectivity index (χ1v) is 6.21. The lowest BCUT2D eigenvalue weighted by molar-refractivity contribution is -0.141. The molecule has 2 aromatic rings. The summed E-state index contributed by atoms with van der Waals surface area (Å²) in [5.74, 6) is -0.700. The highest BCUT2D eigenvalue weighted by Crippen LogP contribution is 2.30. The number of carboxylic acid groups (broad SMARTS) is 1. The normalized spacial score (nSPS) is 11.8. The number of carboxylic acids is 1. The fraction of sp³-hybridized carbons (Fsp3) is 0.417. The maximum absolute atomic E-state index is 12.7. The molecule has 0 saturated carbocycles. The third-order valence-corrected chi connectivity index (χ3v) is 2.94. The van der Waals surface area contributed by atoms with Gasteiger partial charge >= 0.3 is 12.1 Å². The molecule has 0 spiro atoms. The second-order valence-corrected chi connectivity index (χ2v) is 4.33. The van der Waals surface area contributed by atoms with Gasteiger partial charge in [-0.05, 0) is 6.92 Å². The highest BCUT2D eigenvalue weighted by molar-refractivity contribution is 5.71. The number of hydrogen-bond donors (Lipinski definition) is 1. The van der Waals surface area contributed by atoms with E-state index in [2.05, 4.69) is 10.1 Å². The second kappa shape index (κ2) is 5.58. The minimum absolute atomic E-state index is 0.128. The molecule has 0 fully saturated rings. The van der Waals surface area contributed by atoms with Crippen molar-refractivity contribution >= 4 is 17.3 Å². The van der Waals surface area contributed by atoms with Crippen LogP contribution < -0.4 is 4.90 Å². The smallest absolute Gasteiger partial charge is 0.435 e. The Morgan fingerprint density at radius 3 is 2.76 bits per heavy atom. The molecular weight excluding hydrogens is 289 g/mol. The lowest BCUT2D eigenvalue weighted by atomic mass is 10.3. The number of alkyl halides is 3. The number of halogens is 3. The summed E-state index contributed by atoms with van der Waals surface area (Å²) < 4.78 is 39.2. The van der Waals surface area contributed by atoms with Crippen LogP contribution in [0, 0.1) is 0 Å². The minimum atomic E-state index is -4.54. The van der Waals surface area contributed by atoms with Gasteiger partial charge in [0, 0.05) is 31.5 Å². The lowest BCUT2D eigenvalue weighted by Gasteiger charge is -2.21. The Labute approximate surface area is 117 Å². The fourth-order valence-corrected chi connectivity index (χ4v) is 1.93. The van der Waals surface area contributed by atoms with E-state index < -0.39 is 17.8 Å². The molecule has 2 aromatic heterocycles. The van der Waals surface area contributed by atoms with Crippen LogP contribution in [0.15, 0.2) is 18.5 Å². The lowest BCUT2D eigenvalue weighted by Crippen LogP contribution is -2.27. The summed E-state index contributed by atoms with van der Waals surface area (Å²) in [6.07, 6.45) is -2.02. The monoisotopic (exact) mass is 302 g/mol. The third-order valence-electron chi connectivity index (χ3n) is 2.94. The van der Waals surface area contributed by atoms with Gasteiger partial charge in [0.2, 0.25) is 0 Å². The van der Waals surface area contributed by atoms with Crippen molar-refractivity contribution in [1.82, 2.24) is 14.6 Å². The molecule has 0 unspecified atom stereocenters. The van der Waals surface area contributed by atoms with Crippen molar-refractivity contribution in [3.05, 3.63) is 24.2 Å². The molecule has 114 valence electrons. The standard InChI is InChI=1S/C12H13F3N4O2/c1-2-18(5-3-10(20)21)11-8-7-9(12(13,14)15)17-19(8)6-4-16-11/h4,6-7H,2-3,5H2,1H3,(H,20,21). The van der Waals surface area contributed by atoms with Crippen molar-refractivity contribution in [3.63, 3.8) is 0 Å². The Kier molecular flexibility index (Phi) is 4.01. The number of fused-ring (bicyclic) bond motifs is 1. The van der Waals surface area contributed by atoms with Crippen molar-refractivity contribution in [2.45, 2.75) is 19.5 Å². The summed E-state index contributed by atoms with van der Waals surface area (Å²) >= 11 is 0. The van der Waals surface area contributed by atoms with Gasteiger partial charge in [-0.15, -0.1) is 0 Å². The number of nitrogens with zero attached hydrogens (tertiary/aromatic N) is 4. The molecule has 0 amide bonds. The van der Waals surface area contributed by atoms with Crippen molar-refractivity contribution < 1.29 is 23.1 Å². The zero-order valence-corrected chi connectivity index (χ0v) is 11.1. The average molecular weight is 302 g/mol. The van der Waals surface area contributed by atoms with Gasteiger partial charge in [-0.3, -0.25) is 4.79 Å². The van der Waals surface area contributed by atoms with E-state index in [4.69, 9.17) is 5.11 Å². The van der Waals surface area contributed by atoms with E-state index in [0.29, 0.717) is 6.54 Å². The quantitative estimate of drug-likeness (QED) is 0.915. The number of hydrogen-bond acceptors (Lipinski definition) is 4. The molecule has 0 saturated heterocycles. The first-order chi connectivity index (χ1) is 9.82. The summed E-state index contributed by atoms with van der Waals surface area (Å²) in [6.45, 7) is 2.35. The van der Waals surface area contributed by atoms with E-state index in [0.717, 1.165) is 10.6 Å². The molecular formula is C12H13F3N4O2. The molecule has 9 heteroatoms. The van der Waals surface area contributed by atoms with Crippen LogP contribution in [0.4, 0.5) is 19.0 Å². The predicted octanol–water partition coefficient (Wildman–Crippen LogP) is 2.05. The van der Waals surface area contributed by atoms with Crippen molar-refractivity contribution in [1.29, 1.82) is 0 Å². The highest BCUT2D eigenvalue weighted by atomic mass is 19.4. The molecule has 0 aromatic carbocycles. The molecule has 1 N–H and O–H groups in total. The van der Waals surface area contributed by atoms with E-state index in [1.807, 2.05) is 0 Å². The van der Waals surface area contributed by atoms with Crippen LogP contribution in [-0.2, 0) is 11.0 Å². The number of anilines is 1. The third kappa shape index (κ3) is 3.23. The number of aliphatic carboxylic acids is 1. The summed E-state index contributed by atoms with van der Waals surface area (Å²) in [5.41, 5.74) is -0.817. The molecule has 6 nitrogen and oxygen atoms in total. The Morgan fingerprint density at radius 2 is 2.19 bits per heavy atom. The van der Waals surface area contributed by atoms with Gasteiger partial charge in [0.1, 0.15) is 5.52 Å².